The van der Waals surface area contributed by atoms with E-state index < -0.39 is 33.7 Å². The summed E-state index contributed by atoms with van der Waals surface area (Å²) in [5.74, 6) is -2.26. The molecule has 0 saturated carbocycles. The third kappa shape index (κ3) is 7.12. The molecule has 2 unspecified atom stereocenters. The first-order valence-electron chi connectivity index (χ1n) is 6.03. The minimum atomic E-state index is -3.17. The number of amides is 1. The zero-order valence-electron chi connectivity index (χ0n) is 11.5. The molecule has 7 nitrogen and oxygen atoms in total. The minimum Gasteiger partial charge on any atom is -0.481 e. The predicted octanol–water partition coefficient (Wildman–Crippen LogP) is -0.682. The van der Waals surface area contributed by atoms with Crippen molar-refractivity contribution in [1.29, 1.82) is 0 Å². The Bertz CT molecular complexity index is 421. The third-order valence-electron chi connectivity index (χ3n) is 2.73. The number of likely N-dealkylation sites (N-methyl/N-ethyl adjacent to an activating group) is 1. The molecule has 0 rings (SSSR count). The number of carboxylic acids is 1. The molecule has 0 aromatic heterocycles. The van der Waals surface area contributed by atoms with Crippen molar-refractivity contribution in [2.75, 3.05) is 25.1 Å². The highest BCUT2D eigenvalue weighted by molar-refractivity contribution is 7.90. The molecule has 112 valence electrons. The molecule has 0 radical (unpaired) electrons. The van der Waals surface area contributed by atoms with Crippen LogP contribution >= 0.6 is 0 Å². The molecule has 0 aliphatic heterocycles. The largest absolute Gasteiger partial charge is 0.481 e. The van der Waals surface area contributed by atoms with Gasteiger partial charge in [-0.15, -0.1) is 0 Å². The molecule has 3 N–H and O–H groups in total. The van der Waals surface area contributed by atoms with E-state index in [0.29, 0.717) is 6.54 Å². The summed E-state index contributed by atoms with van der Waals surface area (Å²) in [6, 6.07) is -0.921. The van der Waals surface area contributed by atoms with E-state index in [1.165, 1.54) is 11.8 Å². The summed E-state index contributed by atoms with van der Waals surface area (Å²) in [4.78, 5) is 24.1. The highest BCUT2D eigenvalue weighted by Crippen LogP contribution is 2.05. The fourth-order valence-electron chi connectivity index (χ4n) is 1.48. The lowest BCUT2D eigenvalue weighted by Gasteiger charge is -2.25. The first kappa shape index (κ1) is 17.8. The Kier molecular flexibility index (Phi) is 6.99. The van der Waals surface area contributed by atoms with Crippen molar-refractivity contribution in [2.24, 2.45) is 11.7 Å². The summed E-state index contributed by atoms with van der Waals surface area (Å²) in [5.41, 5.74) is 5.65. The van der Waals surface area contributed by atoms with E-state index in [9.17, 15) is 18.0 Å². The Balaban J connectivity index is 4.53. The number of carbonyl (C=O) groups excluding carboxylic acids is 1. The maximum atomic E-state index is 12.0. The third-order valence-corrected chi connectivity index (χ3v) is 3.70. The molecule has 0 fully saturated rings. The lowest BCUT2D eigenvalue weighted by atomic mass is 10.1. The van der Waals surface area contributed by atoms with Crippen molar-refractivity contribution in [3.8, 4) is 0 Å². The van der Waals surface area contributed by atoms with Crippen molar-refractivity contribution >= 4 is 21.7 Å². The highest BCUT2D eigenvalue weighted by Gasteiger charge is 2.24. The summed E-state index contributed by atoms with van der Waals surface area (Å²) >= 11 is 0. The van der Waals surface area contributed by atoms with Gasteiger partial charge in [0.1, 0.15) is 9.84 Å². The van der Waals surface area contributed by atoms with Crippen LogP contribution in [0.3, 0.4) is 0 Å². The van der Waals surface area contributed by atoms with Gasteiger partial charge in [-0.05, 0) is 13.3 Å². The van der Waals surface area contributed by atoms with Gasteiger partial charge in [-0.2, -0.15) is 0 Å². The Morgan fingerprint density at radius 3 is 2.26 bits per heavy atom. The van der Waals surface area contributed by atoms with Crippen LogP contribution in [0, 0.1) is 5.92 Å². The van der Waals surface area contributed by atoms with Crippen LogP contribution in [0.15, 0.2) is 0 Å². The molecule has 0 aromatic carbocycles. The Hall–Kier alpha value is -1.15. The number of hydrogen-bond donors (Lipinski definition) is 2. The van der Waals surface area contributed by atoms with E-state index in [-0.39, 0.29) is 18.7 Å². The quantitative estimate of drug-likeness (QED) is 0.612. The van der Waals surface area contributed by atoms with Crippen molar-refractivity contribution in [1.82, 2.24) is 4.90 Å². The van der Waals surface area contributed by atoms with E-state index >= 15 is 0 Å². The maximum Gasteiger partial charge on any atom is 0.308 e. The predicted molar refractivity (Wildman–Crippen MR) is 71.4 cm³/mol. The highest BCUT2D eigenvalue weighted by atomic mass is 32.2. The summed E-state index contributed by atoms with van der Waals surface area (Å²) in [7, 11) is -3.17. The first-order chi connectivity index (χ1) is 8.58. The average molecular weight is 294 g/mol. The second-order valence-corrected chi connectivity index (χ2v) is 6.90. The number of nitrogens with zero attached hydrogens (tertiary/aromatic N) is 1. The molecule has 0 saturated heterocycles. The SMILES string of the molecule is CCN(CC(C)C(=O)O)C(=O)C(N)CCS(C)(=O)=O. The van der Waals surface area contributed by atoms with Crippen LogP contribution in [0.2, 0.25) is 0 Å². The Morgan fingerprint density at radius 2 is 1.89 bits per heavy atom. The molecule has 0 bridgehead atoms. The molecule has 0 heterocycles. The number of nitrogens with two attached hydrogens (primary N) is 1. The van der Waals surface area contributed by atoms with E-state index in [0.717, 1.165) is 6.26 Å². The number of rotatable bonds is 8. The topological polar surface area (TPSA) is 118 Å². The fourth-order valence-corrected chi connectivity index (χ4v) is 2.16. The fraction of sp³-hybridized carbons (Fsp3) is 0.818. The van der Waals surface area contributed by atoms with Crippen LogP contribution in [0.4, 0.5) is 0 Å². The molecule has 0 aromatic rings. The lowest BCUT2D eigenvalue weighted by molar-refractivity contribution is -0.143. The van der Waals surface area contributed by atoms with E-state index in [1.54, 1.807) is 6.92 Å². The standard InChI is InChI=1S/C11H22N2O5S/c1-4-13(7-8(2)11(15)16)10(14)9(12)5-6-19(3,17)18/h8-9H,4-7,12H2,1-3H3,(H,15,16). The molecule has 0 aliphatic rings. The number of hydrogen-bond acceptors (Lipinski definition) is 5. The zero-order chi connectivity index (χ0) is 15.2. The van der Waals surface area contributed by atoms with Gasteiger partial charge >= 0.3 is 5.97 Å². The number of carboxylic acid groups (broad SMARTS) is 1. The maximum absolute atomic E-state index is 12.0. The van der Waals surface area contributed by atoms with E-state index in [2.05, 4.69) is 0 Å². The number of aliphatic carboxylic acids is 1. The summed E-state index contributed by atoms with van der Waals surface area (Å²) < 4.78 is 22.0. The number of sulfone groups is 1. The monoisotopic (exact) mass is 294 g/mol. The van der Waals surface area contributed by atoms with Crippen molar-refractivity contribution < 1.29 is 23.1 Å². The average Bonchev–Trinajstić information content (AvgIpc) is 2.30. The van der Waals surface area contributed by atoms with Gasteiger partial charge in [0.05, 0.1) is 17.7 Å². The molecule has 0 spiro atoms. The second kappa shape index (κ2) is 7.44. The second-order valence-electron chi connectivity index (χ2n) is 4.64. The van der Waals surface area contributed by atoms with Gasteiger partial charge in [0.25, 0.3) is 0 Å². The van der Waals surface area contributed by atoms with Gasteiger partial charge in [0.2, 0.25) is 5.91 Å². The first-order valence-corrected chi connectivity index (χ1v) is 8.09. The Morgan fingerprint density at radius 1 is 1.37 bits per heavy atom. The van der Waals surface area contributed by atoms with Gasteiger partial charge in [0, 0.05) is 19.3 Å². The van der Waals surface area contributed by atoms with Crippen LogP contribution in [0.5, 0.6) is 0 Å². The van der Waals surface area contributed by atoms with Crippen LogP contribution in [-0.2, 0) is 19.4 Å². The molecule has 1 amide bonds. The lowest BCUT2D eigenvalue weighted by Crippen LogP contribution is -2.46. The van der Waals surface area contributed by atoms with Gasteiger partial charge in [0.15, 0.2) is 0 Å². The van der Waals surface area contributed by atoms with Gasteiger partial charge in [-0.25, -0.2) is 8.42 Å². The molecular formula is C11H22N2O5S. The smallest absolute Gasteiger partial charge is 0.308 e. The normalized spacial score (nSPS) is 14.7. The van der Waals surface area contributed by atoms with Gasteiger partial charge in [-0.1, -0.05) is 6.92 Å². The van der Waals surface area contributed by atoms with E-state index in [1.807, 2.05) is 0 Å². The summed E-state index contributed by atoms with van der Waals surface area (Å²) in [5, 5.41) is 8.81. The van der Waals surface area contributed by atoms with Crippen LogP contribution in [-0.4, -0.2) is 61.4 Å². The molecule has 0 aliphatic carbocycles. The van der Waals surface area contributed by atoms with Crippen LogP contribution in [0.1, 0.15) is 20.3 Å². The van der Waals surface area contributed by atoms with Gasteiger partial charge in [-0.3, -0.25) is 9.59 Å². The summed E-state index contributed by atoms with van der Waals surface area (Å²) in [6.07, 6.45) is 1.11. The number of carbonyl (C=O) groups is 2. The van der Waals surface area contributed by atoms with Crippen LogP contribution < -0.4 is 5.73 Å². The molecule has 8 heteroatoms. The minimum absolute atomic E-state index is 0.0373. The van der Waals surface area contributed by atoms with Crippen molar-refractivity contribution in [2.45, 2.75) is 26.3 Å². The van der Waals surface area contributed by atoms with Crippen molar-refractivity contribution in [3.63, 3.8) is 0 Å². The zero-order valence-corrected chi connectivity index (χ0v) is 12.3. The van der Waals surface area contributed by atoms with Gasteiger partial charge < -0.3 is 15.7 Å². The summed E-state index contributed by atoms with van der Waals surface area (Å²) in [6.45, 7) is 3.62. The molecule has 19 heavy (non-hydrogen) atoms. The van der Waals surface area contributed by atoms with Crippen LogP contribution in [0.25, 0.3) is 0 Å². The van der Waals surface area contributed by atoms with E-state index in [4.69, 9.17) is 10.8 Å². The van der Waals surface area contributed by atoms with Crippen molar-refractivity contribution in [3.05, 3.63) is 0 Å². The molecular weight excluding hydrogens is 272 g/mol. The Labute approximate surface area is 113 Å². The molecule has 2 atom stereocenters.